The largest absolute Gasteiger partial charge is 0.319 e. The normalized spacial score (nSPS) is 18.2. The Kier molecular flexibility index (Phi) is 3.39. The van der Waals surface area contributed by atoms with E-state index in [9.17, 15) is 14.0 Å². The molecule has 2 aromatic rings. The second-order valence-corrected chi connectivity index (χ2v) is 7.07. The number of benzene rings is 1. The van der Waals surface area contributed by atoms with E-state index in [2.05, 4.69) is 10.3 Å². The first-order chi connectivity index (χ1) is 11.9. The van der Waals surface area contributed by atoms with Crippen LogP contribution in [0.4, 0.5) is 15.8 Å². The van der Waals surface area contributed by atoms with Crippen molar-refractivity contribution in [2.75, 3.05) is 10.2 Å². The van der Waals surface area contributed by atoms with Gasteiger partial charge in [0.1, 0.15) is 5.82 Å². The number of nitrogens with one attached hydrogen (secondary N) is 1. The third kappa shape index (κ3) is 2.49. The van der Waals surface area contributed by atoms with Crippen LogP contribution in [0.15, 0.2) is 36.7 Å². The van der Waals surface area contributed by atoms with Crippen molar-refractivity contribution in [2.45, 2.75) is 38.1 Å². The standard InChI is InChI=1S/C19H18FN3O2/c1-19(2)13-9-14(20)15(22-17(24)11-5-7-21-8-6-11)10-16(13)23(18(19)25)12-3-4-12/h5-10,12H,3-4H2,1-2H3,(H,22,24). The van der Waals surface area contributed by atoms with Crippen LogP contribution in [0.5, 0.6) is 0 Å². The molecule has 1 aliphatic carbocycles. The maximum atomic E-state index is 14.6. The molecule has 0 radical (unpaired) electrons. The van der Waals surface area contributed by atoms with E-state index in [0.717, 1.165) is 12.8 Å². The fourth-order valence-corrected chi connectivity index (χ4v) is 3.28. The first-order valence-corrected chi connectivity index (χ1v) is 8.28. The van der Waals surface area contributed by atoms with Gasteiger partial charge in [-0.25, -0.2) is 4.39 Å². The van der Waals surface area contributed by atoms with E-state index in [1.54, 1.807) is 23.1 Å². The number of halogens is 1. The van der Waals surface area contributed by atoms with Crippen LogP contribution in [-0.4, -0.2) is 22.8 Å². The van der Waals surface area contributed by atoms with Crippen LogP contribution in [0, 0.1) is 5.82 Å². The Balaban J connectivity index is 1.72. The number of amides is 2. The zero-order valence-corrected chi connectivity index (χ0v) is 14.0. The van der Waals surface area contributed by atoms with Crippen LogP contribution in [0.2, 0.25) is 0 Å². The number of pyridine rings is 1. The summed E-state index contributed by atoms with van der Waals surface area (Å²) in [5.41, 5.74) is 1.08. The molecule has 0 unspecified atom stereocenters. The summed E-state index contributed by atoms with van der Waals surface area (Å²) < 4.78 is 14.6. The Morgan fingerprint density at radius 3 is 2.60 bits per heavy atom. The zero-order chi connectivity index (χ0) is 17.8. The fraction of sp³-hybridized carbons (Fsp3) is 0.316. The molecule has 1 aliphatic heterocycles. The van der Waals surface area contributed by atoms with E-state index in [1.807, 2.05) is 13.8 Å². The van der Waals surface area contributed by atoms with Gasteiger partial charge in [-0.05, 0) is 56.5 Å². The van der Waals surface area contributed by atoms with Crippen LogP contribution in [0.25, 0.3) is 0 Å². The van der Waals surface area contributed by atoms with Crippen LogP contribution < -0.4 is 10.2 Å². The lowest BCUT2D eigenvalue weighted by Gasteiger charge is -2.19. The highest BCUT2D eigenvalue weighted by Gasteiger charge is 2.49. The summed E-state index contributed by atoms with van der Waals surface area (Å²) in [6, 6.07) is 6.25. The lowest BCUT2D eigenvalue weighted by molar-refractivity contribution is -0.122. The average Bonchev–Trinajstić information content (AvgIpc) is 3.40. The van der Waals surface area contributed by atoms with E-state index < -0.39 is 17.1 Å². The quantitative estimate of drug-likeness (QED) is 0.934. The lowest BCUT2D eigenvalue weighted by Crippen LogP contribution is -2.37. The number of carbonyl (C=O) groups excluding carboxylic acids is 2. The number of rotatable bonds is 3. The number of fused-ring (bicyclic) bond motifs is 1. The predicted octanol–water partition coefficient (Wildman–Crippen LogP) is 3.26. The van der Waals surface area contributed by atoms with E-state index in [4.69, 9.17) is 0 Å². The van der Waals surface area contributed by atoms with Gasteiger partial charge in [0.05, 0.1) is 16.8 Å². The second-order valence-electron chi connectivity index (χ2n) is 7.07. The molecule has 1 aromatic heterocycles. The van der Waals surface area contributed by atoms with Crippen LogP contribution in [0.3, 0.4) is 0 Å². The van der Waals surface area contributed by atoms with E-state index >= 15 is 0 Å². The van der Waals surface area contributed by atoms with Gasteiger partial charge in [-0.3, -0.25) is 14.6 Å². The molecular formula is C19H18FN3O2. The minimum absolute atomic E-state index is 0.0120. The van der Waals surface area contributed by atoms with Crippen molar-refractivity contribution >= 4 is 23.2 Å². The van der Waals surface area contributed by atoms with Gasteiger partial charge in [0.2, 0.25) is 5.91 Å². The summed E-state index contributed by atoms with van der Waals surface area (Å²) in [5, 5.41) is 2.60. The molecule has 1 N–H and O–H groups in total. The molecule has 6 heteroatoms. The van der Waals surface area contributed by atoms with Gasteiger partial charge in [0.25, 0.3) is 5.91 Å². The summed E-state index contributed by atoms with van der Waals surface area (Å²) >= 11 is 0. The third-order valence-corrected chi connectivity index (χ3v) is 4.87. The first kappa shape index (κ1) is 15.7. The Morgan fingerprint density at radius 1 is 1.28 bits per heavy atom. The van der Waals surface area contributed by atoms with Crippen molar-refractivity contribution in [2.24, 2.45) is 0 Å². The van der Waals surface area contributed by atoms with Crippen molar-refractivity contribution in [1.29, 1.82) is 0 Å². The fourth-order valence-electron chi connectivity index (χ4n) is 3.28. The van der Waals surface area contributed by atoms with Crippen molar-refractivity contribution < 1.29 is 14.0 Å². The van der Waals surface area contributed by atoms with Gasteiger partial charge in [-0.15, -0.1) is 0 Å². The first-order valence-electron chi connectivity index (χ1n) is 8.28. The topological polar surface area (TPSA) is 62.3 Å². The van der Waals surface area contributed by atoms with Gasteiger partial charge >= 0.3 is 0 Å². The minimum Gasteiger partial charge on any atom is -0.319 e. The molecule has 0 saturated heterocycles. The highest BCUT2D eigenvalue weighted by Crippen LogP contribution is 2.48. The number of anilines is 2. The summed E-state index contributed by atoms with van der Waals surface area (Å²) in [7, 11) is 0. The van der Waals surface area contributed by atoms with Gasteiger partial charge in [0, 0.05) is 24.0 Å². The molecule has 1 aromatic carbocycles. The van der Waals surface area contributed by atoms with Crippen LogP contribution in [-0.2, 0) is 10.2 Å². The summed E-state index contributed by atoms with van der Waals surface area (Å²) in [6.07, 6.45) is 4.92. The molecule has 1 fully saturated rings. The molecular weight excluding hydrogens is 321 g/mol. The third-order valence-electron chi connectivity index (χ3n) is 4.87. The highest BCUT2D eigenvalue weighted by molar-refractivity contribution is 6.10. The number of aromatic nitrogens is 1. The van der Waals surface area contributed by atoms with E-state index in [-0.39, 0.29) is 17.6 Å². The molecule has 5 nitrogen and oxygen atoms in total. The Hall–Kier alpha value is -2.76. The summed E-state index contributed by atoms with van der Waals surface area (Å²) in [5.74, 6) is -0.968. The Morgan fingerprint density at radius 2 is 1.96 bits per heavy atom. The van der Waals surface area contributed by atoms with Gasteiger partial charge in [-0.1, -0.05) is 0 Å². The monoisotopic (exact) mass is 339 g/mol. The van der Waals surface area contributed by atoms with Gasteiger partial charge in [0.15, 0.2) is 0 Å². The molecule has 128 valence electrons. The maximum absolute atomic E-state index is 14.6. The summed E-state index contributed by atoms with van der Waals surface area (Å²) in [6.45, 7) is 3.62. The number of hydrogen-bond acceptors (Lipinski definition) is 3. The summed E-state index contributed by atoms with van der Waals surface area (Å²) in [4.78, 5) is 30.7. The van der Waals surface area contributed by atoms with E-state index in [1.165, 1.54) is 18.5 Å². The SMILES string of the molecule is CC1(C)C(=O)N(C2CC2)c2cc(NC(=O)c3ccncc3)c(F)cc21. The molecule has 0 bridgehead atoms. The zero-order valence-electron chi connectivity index (χ0n) is 14.0. The van der Waals surface area contributed by atoms with Crippen molar-refractivity contribution in [3.05, 3.63) is 53.6 Å². The van der Waals surface area contributed by atoms with Crippen LogP contribution >= 0.6 is 0 Å². The molecule has 2 aliphatic rings. The smallest absolute Gasteiger partial charge is 0.255 e. The van der Waals surface area contributed by atoms with Gasteiger partial charge < -0.3 is 10.2 Å². The molecule has 0 atom stereocenters. The Labute approximate surface area is 144 Å². The molecule has 2 amide bonds. The maximum Gasteiger partial charge on any atom is 0.255 e. The minimum atomic E-state index is -0.758. The van der Waals surface area contributed by atoms with Crippen molar-refractivity contribution in [3.63, 3.8) is 0 Å². The molecule has 2 heterocycles. The van der Waals surface area contributed by atoms with Gasteiger partial charge in [-0.2, -0.15) is 0 Å². The molecule has 4 rings (SSSR count). The van der Waals surface area contributed by atoms with Crippen molar-refractivity contribution in [1.82, 2.24) is 4.98 Å². The predicted molar refractivity (Wildman–Crippen MR) is 92.1 cm³/mol. The second kappa shape index (κ2) is 5.37. The number of nitrogens with zero attached hydrogens (tertiary/aromatic N) is 2. The van der Waals surface area contributed by atoms with Crippen LogP contribution in [0.1, 0.15) is 42.6 Å². The average molecular weight is 339 g/mol. The van der Waals surface area contributed by atoms with E-state index in [0.29, 0.717) is 16.8 Å². The van der Waals surface area contributed by atoms with Crippen molar-refractivity contribution in [3.8, 4) is 0 Å². The molecule has 1 saturated carbocycles. The highest BCUT2D eigenvalue weighted by atomic mass is 19.1. The molecule has 25 heavy (non-hydrogen) atoms. The number of carbonyl (C=O) groups is 2. The number of hydrogen-bond donors (Lipinski definition) is 1. The molecule has 0 spiro atoms. The lowest BCUT2D eigenvalue weighted by atomic mass is 9.86. The Bertz CT molecular complexity index is 876.